The smallest absolute Gasteiger partial charge is 0.426 e. The van der Waals surface area contributed by atoms with E-state index in [1.165, 1.54) is 24.3 Å². The molecule has 86 valence electrons. The van der Waals surface area contributed by atoms with Crippen LogP contribution in [-0.2, 0) is 0 Å². The fourth-order valence-corrected chi connectivity index (χ4v) is 1.08. The van der Waals surface area contributed by atoms with Crippen molar-refractivity contribution in [1.82, 2.24) is 5.01 Å². The molecule has 0 spiro atoms. The van der Waals surface area contributed by atoms with Crippen molar-refractivity contribution in [2.45, 2.75) is 6.92 Å². The summed E-state index contributed by atoms with van der Waals surface area (Å²) in [5.74, 6) is 0. The van der Waals surface area contributed by atoms with E-state index in [9.17, 15) is 14.9 Å². The number of non-ortho nitro benzene ring substituents is 1. The standard InChI is InChI=1S/C9H11N3O4/c1-2-11(9(13)14)10-7-3-5-8(6-4-7)12(15)16/h3-6,10H,2H2,1H3,(H,13,14). The predicted octanol–water partition coefficient (Wildman–Crippen LogP) is 1.92. The molecule has 7 heteroatoms. The molecular weight excluding hydrogens is 214 g/mol. The minimum atomic E-state index is -1.11. The Morgan fingerprint density at radius 2 is 2.06 bits per heavy atom. The van der Waals surface area contributed by atoms with E-state index in [-0.39, 0.29) is 12.2 Å². The molecule has 0 bridgehead atoms. The second-order valence-corrected chi connectivity index (χ2v) is 2.94. The largest absolute Gasteiger partial charge is 0.464 e. The third-order valence-electron chi connectivity index (χ3n) is 1.89. The first-order valence-corrected chi connectivity index (χ1v) is 4.56. The van der Waals surface area contributed by atoms with Gasteiger partial charge in [-0.15, -0.1) is 0 Å². The number of anilines is 1. The molecule has 2 N–H and O–H groups in total. The van der Waals surface area contributed by atoms with Crippen LogP contribution in [0.15, 0.2) is 24.3 Å². The maximum absolute atomic E-state index is 10.7. The molecule has 0 aliphatic carbocycles. The Kier molecular flexibility index (Phi) is 3.65. The maximum Gasteiger partial charge on any atom is 0.426 e. The van der Waals surface area contributed by atoms with Crippen LogP contribution in [0.1, 0.15) is 6.92 Å². The van der Waals surface area contributed by atoms with E-state index in [0.29, 0.717) is 5.69 Å². The van der Waals surface area contributed by atoms with Crippen molar-refractivity contribution in [3.8, 4) is 0 Å². The fourth-order valence-electron chi connectivity index (χ4n) is 1.08. The van der Waals surface area contributed by atoms with Gasteiger partial charge in [-0.3, -0.25) is 15.5 Å². The number of amides is 1. The number of rotatable bonds is 4. The Balaban J connectivity index is 2.75. The summed E-state index contributed by atoms with van der Waals surface area (Å²) < 4.78 is 0. The summed E-state index contributed by atoms with van der Waals surface area (Å²) in [6, 6.07) is 5.50. The fraction of sp³-hybridized carbons (Fsp3) is 0.222. The van der Waals surface area contributed by atoms with Crippen LogP contribution in [0.2, 0.25) is 0 Å². The number of nitrogens with zero attached hydrogens (tertiary/aromatic N) is 2. The summed E-state index contributed by atoms with van der Waals surface area (Å²) in [4.78, 5) is 20.5. The van der Waals surface area contributed by atoms with Crippen LogP contribution in [-0.4, -0.2) is 27.7 Å². The number of nitro groups is 1. The van der Waals surface area contributed by atoms with E-state index in [4.69, 9.17) is 5.11 Å². The summed E-state index contributed by atoms with van der Waals surface area (Å²) in [7, 11) is 0. The van der Waals surface area contributed by atoms with E-state index < -0.39 is 11.0 Å². The third-order valence-corrected chi connectivity index (χ3v) is 1.89. The summed E-state index contributed by atoms with van der Waals surface area (Å²) in [5, 5.41) is 20.1. The van der Waals surface area contributed by atoms with Gasteiger partial charge in [0.05, 0.1) is 10.6 Å². The maximum atomic E-state index is 10.7. The number of hydrogen-bond acceptors (Lipinski definition) is 4. The number of hydrazine groups is 1. The molecule has 0 radical (unpaired) electrons. The Morgan fingerprint density at radius 3 is 2.44 bits per heavy atom. The topological polar surface area (TPSA) is 95.7 Å². The van der Waals surface area contributed by atoms with Crippen molar-refractivity contribution >= 4 is 17.5 Å². The highest BCUT2D eigenvalue weighted by Crippen LogP contribution is 2.15. The monoisotopic (exact) mass is 225 g/mol. The molecule has 0 aliphatic heterocycles. The summed E-state index contributed by atoms with van der Waals surface area (Å²) in [5.41, 5.74) is 3.05. The molecule has 0 saturated carbocycles. The molecule has 0 unspecified atom stereocenters. The first kappa shape index (κ1) is 11.8. The molecule has 1 rings (SSSR count). The zero-order valence-electron chi connectivity index (χ0n) is 8.58. The Morgan fingerprint density at radius 1 is 1.50 bits per heavy atom. The quantitative estimate of drug-likeness (QED) is 0.602. The van der Waals surface area contributed by atoms with Crippen LogP contribution in [0.3, 0.4) is 0 Å². The third kappa shape index (κ3) is 2.84. The van der Waals surface area contributed by atoms with E-state index in [2.05, 4.69) is 5.43 Å². The van der Waals surface area contributed by atoms with Gasteiger partial charge in [0.1, 0.15) is 0 Å². The van der Waals surface area contributed by atoms with Crippen molar-refractivity contribution < 1.29 is 14.8 Å². The lowest BCUT2D eigenvalue weighted by molar-refractivity contribution is -0.384. The number of carboxylic acid groups (broad SMARTS) is 1. The van der Waals surface area contributed by atoms with Crippen LogP contribution in [0.25, 0.3) is 0 Å². The van der Waals surface area contributed by atoms with Crippen LogP contribution in [0.5, 0.6) is 0 Å². The van der Waals surface area contributed by atoms with Crippen molar-refractivity contribution in [1.29, 1.82) is 0 Å². The second kappa shape index (κ2) is 4.96. The van der Waals surface area contributed by atoms with E-state index >= 15 is 0 Å². The van der Waals surface area contributed by atoms with Crippen LogP contribution in [0.4, 0.5) is 16.2 Å². The first-order valence-electron chi connectivity index (χ1n) is 4.56. The minimum absolute atomic E-state index is 0.0380. The van der Waals surface area contributed by atoms with Crippen LogP contribution in [0, 0.1) is 10.1 Å². The minimum Gasteiger partial charge on any atom is -0.464 e. The van der Waals surface area contributed by atoms with Gasteiger partial charge in [0.25, 0.3) is 5.69 Å². The molecular formula is C9H11N3O4. The Bertz CT molecular complexity index is 390. The summed E-state index contributed by atoms with van der Waals surface area (Å²) in [6.07, 6.45) is -1.11. The van der Waals surface area contributed by atoms with Gasteiger partial charge in [0, 0.05) is 18.7 Å². The van der Waals surface area contributed by atoms with Gasteiger partial charge < -0.3 is 5.11 Å². The summed E-state index contributed by atoms with van der Waals surface area (Å²) in [6.45, 7) is 1.94. The molecule has 0 fully saturated rings. The highest BCUT2D eigenvalue weighted by Gasteiger charge is 2.09. The molecule has 1 aromatic carbocycles. The van der Waals surface area contributed by atoms with Crippen molar-refractivity contribution in [3.05, 3.63) is 34.4 Å². The van der Waals surface area contributed by atoms with E-state index in [0.717, 1.165) is 5.01 Å². The van der Waals surface area contributed by atoms with Gasteiger partial charge in [-0.1, -0.05) is 0 Å². The first-order chi connectivity index (χ1) is 7.54. The van der Waals surface area contributed by atoms with Crippen molar-refractivity contribution in [3.63, 3.8) is 0 Å². The second-order valence-electron chi connectivity index (χ2n) is 2.94. The molecule has 0 aliphatic rings. The molecule has 0 saturated heterocycles. The Hall–Kier alpha value is -2.31. The van der Waals surface area contributed by atoms with Gasteiger partial charge >= 0.3 is 6.09 Å². The lowest BCUT2D eigenvalue weighted by atomic mass is 10.3. The normalized spacial score (nSPS) is 9.56. The Labute approximate surface area is 91.4 Å². The highest BCUT2D eigenvalue weighted by atomic mass is 16.6. The summed E-state index contributed by atoms with van der Waals surface area (Å²) >= 11 is 0. The van der Waals surface area contributed by atoms with E-state index in [1.54, 1.807) is 6.92 Å². The van der Waals surface area contributed by atoms with Gasteiger partial charge in [0.15, 0.2) is 0 Å². The van der Waals surface area contributed by atoms with Gasteiger partial charge in [-0.05, 0) is 19.1 Å². The average molecular weight is 225 g/mol. The van der Waals surface area contributed by atoms with Crippen molar-refractivity contribution in [2.75, 3.05) is 12.0 Å². The number of benzene rings is 1. The SMILES string of the molecule is CCN(Nc1ccc([N+](=O)[O-])cc1)C(=O)O. The van der Waals surface area contributed by atoms with Gasteiger partial charge in [0.2, 0.25) is 0 Å². The number of nitrogens with one attached hydrogen (secondary N) is 1. The zero-order valence-corrected chi connectivity index (χ0v) is 8.58. The number of nitro benzene ring substituents is 1. The number of carbonyl (C=O) groups is 1. The van der Waals surface area contributed by atoms with E-state index in [1.807, 2.05) is 0 Å². The molecule has 0 heterocycles. The molecule has 1 aromatic rings. The molecule has 0 aromatic heterocycles. The van der Waals surface area contributed by atoms with Crippen molar-refractivity contribution in [2.24, 2.45) is 0 Å². The molecule has 0 atom stereocenters. The highest BCUT2D eigenvalue weighted by molar-refractivity contribution is 5.67. The lowest BCUT2D eigenvalue weighted by Crippen LogP contribution is -2.34. The lowest BCUT2D eigenvalue weighted by Gasteiger charge is -2.18. The van der Waals surface area contributed by atoms with Crippen LogP contribution >= 0.6 is 0 Å². The number of hydrogen-bond donors (Lipinski definition) is 2. The van der Waals surface area contributed by atoms with Gasteiger partial charge in [-0.2, -0.15) is 0 Å². The van der Waals surface area contributed by atoms with Gasteiger partial charge in [-0.25, -0.2) is 9.80 Å². The zero-order chi connectivity index (χ0) is 12.1. The average Bonchev–Trinajstić information content (AvgIpc) is 2.26. The molecule has 7 nitrogen and oxygen atoms in total. The molecule has 16 heavy (non-hydrogen) atoms. The predicted molar refractivity (Wildman–Crippen MR) is 57.1 cm³/mol. The molecule has 1 amide bonds. The van der Waals surface area contributed by atoms with Crippen LogP contribution < -0.4 is 5.43 Å².